The molecule has 1 rings (SSSR count). The summed E-state index contributed by atoms with van der Waals surface area (Å²) in [5.41, 5.74) is 1.01. The maximum Gasteiger partial charge on any atom is 0.337 e. The number of alkyl halides is 1. The minimum Gasteiger partial charge on any atom is -0.478 e. The number of carbonyl (C=O) groups is 1. The van der Waals surface area contributed by atoms with Crippen molar-refractivity contribution in [1.29, 1.82) is 0 Å². The van der Waals surface area contributed by atoms with Gasteiger partial charge in [-0.25, -0.2) is 9.18 Å². The fraction of sp³-hybridized carbons (Fsp3) is 0.545. The summed E-state index contributed by atoms with van der Waals surface area (Å²) in [6.45, 7) is 3.78. The number of hydrogen-bond donors (Lipinski definition) is 1. The Hall–Kier alpha value is -1.32. The Balaban J connectivity index is 3.02. The molecule has 0 aliphatic carbocycles. The largest absolute Gasteiger partial charge is 0.478 e. The van der Waals surface area contributed by atoms with Crippen molar-refractivity contribution in [3.8, 4) is 0 Å². The molecule has 1 N–H and O–H groups in total. The summed E-state index contributed by atoms with van der Waals surface area (Å²) in [6, 6.07) is 1.54. The fourth-order valence-electron chi connectivity index (χ4n) is 1.61. The highest BCUT2D eigenvalue weighted by Gasteiger charge is 2.15. The number of aromatic nitrogens is 1. The highest BCUT2D eigenvalue weighted by Crippen LogP contribution is 2.16. The summed E-state index contributed by atoms with van der Waals surface area (Å²) >= 11 is 0. The van der Waals surface area contributed by atoms with Crippen LogP contribution in [-0.4, -0.2) is 22.3 Å². The minimum absolute atomic E-state index is 0.231. The first-order chi connectivity index (χ1) is 7.06. The zero-order valence-electron chi connectivity index (χ0n) is 9.03. The van der Waals surface area contributed by atoms with E-state index in [0.717, 1.165) is 5.69 Å². The lowest BCUT2D eigenvalue weighted by Crippen LogP contribution is -2.10. The highest BCUT2D eigenvalue weighted by molar-refractivity contribution is 5.89. The van der Waals surface area contributed by atoms with Crippen LogP contribution in [0.25, 0.3) is 0 Å². The lowest BCUT2D eigenvalue weighted by atomic mass is 10.1. The third kappa shape index (κ3) is 2.81. The van der Waals surface area contributed by atoms with E-state index in [9.17, 15) is 9.18 Å². The lowest BCUT2D eigenvalue weighted by Gasteiger charge is -2.10. The molecule has 0 bridgehead atoms. The molecule has 0 amide bonds. The molecular weight excluding hydrogens is 197 g/mol. The van der Waals surface area contributed by atoms with Crippen molar-refractivity contribution in [3.05, 3.63) is 23.5 Å². The van der Waals surface area contributed by atoms with Gasteiger partial charge in [-0.05, 0) is 18.4 Å². The van der Waals surface area contributed by atoms with Crippen molar-refractivity contribution in [2.24, 2.45) is 5.92 Å². The van der Waals surface area contributed by atoms with Gasteiger partial charge in [0.15, 0.2) is 0 Å². The second-order valence-corrected chi connectivity index (χ2v) is 3.96. The van der Waals surface area contributed by atoms with Gasteiger partial charge in [-0.3, -0.25) is 0 Å². The van der Waals surface area contributed by atoms with Gasteiger partial charge in [0.05, 0.1) is 12.1 Å². The topological polar surface area (TPSA) is 42.2 Å². The number of halogens is 1. The molecule has 1 heterocycles. The van der Waals surface area contributed by atoms with E-state index in [0.29, 0.717) is 12.3 Å². The van der Waals surface area contributed by atoms with Crippen LogP contribution in [0.4, 0.5) is 4.39 Å². The molecule has 3 nitrogen and oxygen atoms in total. The fourth-order valence-corrected chi connectivity index (χ4v) is 1.61. The van der Waals surface area contributed by atoms with Crippen LogP contribution in [0.5, 0.6) is 0 Å². The van der Waals surface area contributed by atoms with Gasteiger partial charge in [0.25, 0.3) is 0 Å². The number of carboxylic acid groups (broad SMARTS) is 1. The molecule has 84 valence electrons. The van der Waals surface area contributed by atoms with Crippen molar-refractivity contribution in [2.75, 3.05) is 6.67 Å². The van der Waals surface area contributed by atoms with E-state index < -0.39 is 12.6 Å². The molecule has 0 fully saturated rings. The monoisotopic (exact) mass is 213 g/mol. The Morgan fingerprint density at radius 1 is 1.60 bits per heavy atom. The Morgan fingerprint density at radius 3 is 2.73 bits per heavy atom. The number of nitrogens with zero attached hydrogens (tertiary/aromatic N) is 1. The van der Waals surface area contributed by atoms with Crippen LogP contribution in [-0.2, 0) is 13.0 Å². The van der Waals surface area contributed by atoms with Crippen molar-refractivity contribution < 1.29 is 14.3 Å². The van der Waals surface area contributed by atoms with E-state index >= 15 is 0 Å². The summed E-state index contributed by atoms with van der Waals surface area (Å²) in [6.07, 6.45) is 2.30. The normalized spacial score (nSPS) is 10.9. The lowest BCUT2D eigenvalue weighted by molar-refractivity contribution is 0.0695. The molecule has 0 unspecified atom stereocenters. The summed E-state index contributed by atoms with van der Waals surface area (Å²) in [5.74, 6) is -0.584. The van der Waals surface area contributed by atoms with E-state index in [1.54, 1.807) is 10.8 Å². The smallest absolute Gasteiger partial charge is 0.337 e. The predicted molar refractivity (Wildman–Crippen MR) is 55.9 cm³/mol. The van der Waals surface area contributed by atoms with Gasteiger partial charge in [0.2, 0.25) is 0 Å². The van der Waals surface area contributed by atoms with Crippen LogP contribution in [0.15, 0.2) is 12.3 Å². The van der Waals surface area contributed by atoms with Crippen LogP contribution < -0.4 is 0 Å². The molecule has 1 aromatic rings. The maximum atomic E-state index is 12.2. The zero-order valence-corrected chi connectivity index (χ0v) is 9.03. The molecule has 0 radical (unpaired) electrons. The molecular formula is C11H16FNO2. The third-order valence-corrected chi connectivity index (χ3v) is 2.24. The molecule has 0 saturated heterocycles. The number of rotatable bonds is 5. The zero-order chi connectivity index (χ0) is 11.4. The van der Waals surface area contributed by atoms with Crippen LogP contribution in [0.3, 0.4) is 0 Å². The summed E-state index contributed by atoms with van der Waals surface area (Å²) in [7, 11) is 0. The van der Waals surface area contributed by atoms with Gasteiger partial charge >= 0.3 is 5.97 Å². The van der Waals surface area contributed by atoms with Gasteiger partial charge in [-0.15, -0.1) is 0 Å². The van der Waals surface area contributed by atoms with Crippen molar-refractivity contribution in [2.45, 2.75) is 26.8 Å². The predicted octanol–water partition coefficient (Wildman–Crippen LogP) is 2.35. The molecule has 0 atom stereocenters. The quantitative estimate of drug-likeness (QED) is 0.815. The molecule has 15 heavy (non-hydrogen) atoms. The van der Waals surface area contributed by atoms with E-state index in [1.807, 2.05) is 13.8 Å². The summed E-state index contributed by atoms with van der Waals surface area (Å²) in [5, 5.41) is 8.95. The van der Waals surface area contributed by atoms with Crippen molar-refractivity contribution in [1.82, 2.24) is 4.57 Å². The number of aromatic carboxylic acids is 1. The van der Waals surface area contributed by atoms with Crippen LogP contribution in [0.2, 0.25) is 0 Å². The Bertz CT molecular complexity index is 344. The molecule has 0 aliphatic rings. The van der Waals surface area contributed by atoms with Gasteiger partial charge < -0.3 is 9.67 Å². The van der Waals surface area contributed by atoms with Gasteiger partial charge in [0, 0.05) is 11.9 Å². The Labute approximate surface area is 88.5 Å². The molecule has 1 aromatic heterocycles. The average molecular weight is 213 g/mol. The molecule has 0 saturated carbocycles. The SMILES string of the molecule is CC(C)Cc1c(C(=O)O)ccn1CCF. The van der Waals surface area contributed by atoms with E-state index in [1.165, 1.54) is 6.07 Å². The Kier molecular flexibility index (Phi) is 3.88. The van der Waals surface area contributed by atoms with Crippen molar-refractivity contribution in [3.63, 3.8) is 0 Å². The number of hydrogen-bond acceptors (Lipinski definition) is 1. The molecule has 0 aliphatic heterocycles. The van der Waals surface area contributed by atoms with E-state index in [2.05, 4.69) is 0 Å². The van der Waals surface area contributed by atoms with E-state index in [-0.39, 0.29) is 12.1 Å². The molecule has 0 spiro atoms. The Morgan fingerprint density at radius 2 is 2.27 bits per heavy atom. The maximum absolute atomic E-state index is 12.2. The number of aryl methyl sites for hydroxylation is 1. The van der Waals surface area contributed by atoms with E-state index in [4.69, 9.17) is 5.11 Å². The molecule has 4 heteroatoms. The van der Waals surface area contributed by atoms with Crippen LogP contribution in [0, 0.1) is 5.92 Å². The third-order valence-electron chi connectivity index (χ3n) is 2.24. The second-order valence-electron chi connectivity index (χ2n) is 3.96. The first-order valence-corrected chi connectivity index (χ1v) is 5.03. The highest BCUT2D eigenvalue weighted by atomic mass is 19.1. The second kappa shape index (κ2) is 4.96. The van der Waals surface area contributed by atoms with Gasteiger partial charge in [-0.1, -0.05) is 13.8 Å². The standard InChI is InChI=1S/C11H16FNO2/c1-8(2)7-10-9(11(14)15)3-5-13(10)6-4-12/h3,5,8H,4,6-7H2,1-2H3,(H,14,15). The van der Waals surface area contributed by atoms with Gasteiger partial charge in [0.1, 0.15) is 6.67 Å². The average Bonchev–Trinajstić information content (AvgIpc) is 2.48. The first-order valence-electron chi connectivity index (χ1n) is 5.03. The molecule has 0 aromatic carbocycles. The summed E-state index contributed by atoms with van der Waals surface area (Å²) < 4.78 is 13.9. The van der Waals surface area contributed by atoms with Gasteiger partial charge in [-0.2, -0.15) is 0 Å². The van der Waals surface area contributed by atoms with Crippen molar-refractivity contribution >= 4 is 5.97 Å². The van der Waals surface area contributed by atoms with Crippen LogP contribution in [0.1, 0.15) is 29.9 Å². The first kappa shape index (κ1) is 11.8. The summed E-state index contributed by atoms with van der Waals surface area (Å²) in [4.78, 5) is 10.9. The number of carboxylic acids is 1. The van der Waals surface area contributed by atoms with Crippen LogP contribution >= 0.6 is 0 Å². The minimum atomic E-state index is -0.941.